The third kappa shape index (κ3) is 4.56. The normalized spacial score (nSPS) is 14.3. The van der Waals surface area contributed by atoms with Gasteiger partial charge in [0.25, 0.3) is 11.8 Å². The van der Waals surface area contributed by atoms with Crippen LogP contribution in [0.15, 0.2) is 53.4 Å². The lowest BCUT2D eigenvalue weighted by Crippen LogP contribution is -2.31. The van der Waals surface area contributed by atoms with Crippen LogP contribution in [-0.4, -0.2) is 24.2 Å². The van der Waals surface area contributed by atoms with E-state index in [2.05, 4.69) is 20.8 Å². The molecule has 0 N–H and O–H groups in total. The molecule has 5 heteroatoms. The Bertz CT molecular complexity index is 914. The van der Waals surface area contributed by atoms with Gasteiger partial charge in [-0.15, -0.1) is 11.8 Å². The first-order valence-electron chi connectivity index (χ1n) is 10.0. The second kappa shape index (κ2) is 9.31. The van der Waals surface area contributed by atoms with Gasteiger partial charge in [-0.3, -0.25) is 9.59 Å². The van der Waals surface area contributed by atoms with Crippen LogP contribution in [0.5, 0.6) is 5.75 Å². The van der Waals surface area contributed by atoms with Gasteiger partial charge in [-0.2, -0.15) is 0 Å². The summed E-state index contributed by atoms with van der Waals surface area (Å²) in [4.78, 5) is 28.1. The summed E-state index contributed by atoms with van der Waals surface area (Å²) in [5.41, 5.74) is 2.99. The van der Waals surface area contributed by atoms with Crippen LogP contribution in [-0.2, 0) is 16.0 Å². The van der Waals surface area contributed by atoms with Crippen molar-refractivity contribution in [3.63, 3.8) is 0 Å². The summed E-state index contributed by atoms with van der Waals surface area (Å²) in [5, 5.41) is 0. The predicted octanol–water partition coefficient (Wildman–Crippen LogP) is 5.32. The van der Waals surface area contributed by atoms with E-state index in [1.54, 1.807) is 0 Å². The molecule has 0 aliphatic carbocycles. The van der Waals surface area contributed by atoms with E-state index in [4.69, 9.17) is 4.74 Å². The first-order chi connectivity index (χ1) is 14.0. The highest BCUT2D eigenvalue weighted by Crippen LogP contribution is 2.38. The second-order valence-electron chi connectivity index (χ2n) is 7.33. The highest BCUT2D eigenvalue weighted by molar-refractivity contribution is 8.04. The Labute approximate surface area is 176 Å². The molecule has 2 aromatic carbocycles. The molecule has 1 aliphatic heterocycles. The maximum absolute atomic E-state index is 13.3. The van der Waals surface area contributed by atoms with Crippen LogP contribution in [0, 0.1) is 5.92 Å². The lowest BCUT2D eigenvalue weighted by Gasteiger charge is -2.15. The van der Waals surface area contributed by atoms with Crippen LogP contribution in [0.4, 0.5) is 5.69 Å². The smallest absolute Gasteiger partial charge is 0.272 e. The summed E-state index contributed by atoms with van der Waals surface area (Å²) in [6.45, 7) is 8.88. The molecule has 0 spiro atoms. The van der Waals surface area contributed by atoms with Crippen molar-refractivity contribution in [1.29, 1.82) is 0 Å². The van der Waals surface area contributed by atoms with Crippen molar-refractivity contribution in [3.05, 3.63) is 64.6 Å². The zero-order chi connectivity index (χ0) is 21.0. The van der Waals surface area contributed by atoms with Crippen molar-refractivity contribution < 1.29 is 14.3 Å². The van der Waals surface area contributed by atoms with Crippen LogP contribution in [0.3, 0.4) is 0 Å². The lowest BCUT2D eigenvalue weighted by atomic mass is 10.1. The summed E-state index contributed by atoms with van der Waals surface area (Å²) in [7, 11) is 0. The fourth-order valence-electron chi connectivity index (χ4n) is 3.14. The van der Waals surface area contributed by atoms with Crippen LogP contribution >= 0.6 is 11.8 Å². The number of hydrogen-bond acceptors (Lipinski definition) is 4. The molecule has 0 saturated carbocycles. The summed E-state index contributed by atoms with van der Waals surface area (Å²) < 4.78 is 5.74. The molecule has 3 rings (SSSR count). The zero-order valence-corrected chi connectivity index (χ0v) is 18.2. The molecule has 2 aromatic rings. The standard InChI is InChI=1S/C24H27NO3S/c1-5-17-7-11-19(12-8-17)25-23(26)21(22(24(25)27)29-6-2)18-9-13-20(14-10-18)28-15-16(3)4/h7-14,16H,5-6,15H2,1-4H3. The number of thioether (sulfide) groups is 1. The Morgan fingerprint density at radius 3 is 2.14 bits per heavy atom. The molecule has 0 bridgehead atoms. The van der Waals surface area contributed by atoms with Gasteiger partial charge in [0.2, 0.25) is 0 Å². The number of imide groups is 1. The molecule has 4 nitrogen and oxygen atoms in total. The van der Waals surface area contributed by atoms with Gasteiger partial charge in [0.1, 0.15) is 5.75 Å². The van der Waals surface area contributed by atoms with E-state index >= 15 is 0 Å². The maximum atomic E-state index is 13.3. The number of anilines is 1. The van der Waals surface area contributed by atoms with Gasteiger partial charge in [-0.05, 0) is 53.5 Å². The quantitative estimate of drug-likeness (QED) is 0.554. The average molecular weight is 410 g/mol. The Kier molecular flexibility index (Phi) is 6.80. The molecule has 0 unspecified atom stereocenters. The van der Waals surface area contributed by atoms with Crippen LogP contribution < -0.4 is 9.64 Å². The van der Waals surface area contributed by atoms with E-state index in [0.717, 1.165) is 23.5 Å². The molecule has 1 aliphatic rings. The van der Waals surface area contributed by atoms with Crippen LogP contribution in [0.25, 0.3) is 5.57 Å². The number of nitrogens with zero attached hydrogens (tertiary/aromatic N) is 1. The predicted molar refractivity (Wildman–Crippen MR) is 120 cm³/mol. The number of amides is 2. The number of carbonyl (C=O) groups excluding carboxylic acids is 2. The molecule has 0 fully saturated rings. The van der Waals surface area contributed by atoms with Gasteiger partial charge >= 0.3 is 0 Å². The second-order valence-corrected chi connectivity index (χ2v) is 8.61. The molecule has 1 heterocycles. The minimum atomic E-state index is -0.272. The maximum Gasteiger partial charge on any atom is 0.272 e. The van der Waals surface area contributed by atoms with Crippen molar-refractivity contribution >= 4 is 34.8 Å². The summed E-state index contributed by atoms with van der Waals surface area (Å²) in [6.07, 6.45) is 0.911. The number of aryl methyl sites for hydroxylation is 1. The molecule has 0 atom stereocenters. The van der Waals surface area contributed by atoms with Crippen molar-refractivity contribution in [2.75, 3.05) is 17.3 Å². The molecule has 2 amide bonds. The van der Waals surface area contributed by atoms with E-state index in [-0.39, 0.29) is 11.8 Å². The third-order valence-electron chi connectivity index (χ3n) is 4.66. The molecule has 0 saturated heterocycles. The minimum absolute atomic E-state index is 0.249. The summed E-state index contributed by atoms with van der Waals surface area (Å²) in [5.74, 6) is 1.39. The zero-order valence-electron chi connectivity index (χ0n) is 17.4. The fraction of sp³-hybridized carbons (Fsp3) is 0.333. The highest BCUT2D eigenvalue weighted by atomic mass is 32.2. The van der Waals surface area contributed by atoms with E-state index in [0.29, 0.717) is 28.7 Å². The summed E-state index contributed by atoms with van der Waals surface area (Å²) >= 11 is 1.41. The largest absolute Gasteiger partial charge is 0.493 e. The number of rotatable bonds is 8. The number of hydrogen-bond donors (Lipinski definition) is 0. The minimum Gasteiger partial charge on any atom is -0.493 e. The first-order valence-corrected chi connectivity index (χ1v) is 11.0. The number of ether oxygens (including phenoxy) is 1. The highest BCUT2D eigenvalue weighted by Gasteiger charge is 2.39. The van der Waals surface area contributed by atoms with Crippen molar-refractivity contribution in [2.45, 2.75) is 34.1 Å². The number of benzene rings is 2. The first kappa shape index (κ1) is 21.2. The van der Waals surface area contributed by atoms with E-state index in [9.17, 15) is 9.59 Å². The average Bonchev–Trinajstić information content (AvgIpc) is 2.97. The topological polar surface area (TPSA) is 46.6 Å². The third-order valence-corrected chi connectivity index (χ3v) is 5.62. The van der Waals surface area contributed by atoms with Gasteiger partial charge in [-0.25, -0.2) is 4.90 Å². The van der Waals surface area contributed by atoms with Gasteiger partial charge in [0.15, 0.2) is 0 Å². The molecular weight excluding hydrogens is 382 g/mol. The monoisotopic (exact) mass is 409 g/mol. The number of carbonyl (C=O) groups is 2. The van der Waals surface area contributed by atoms with E-state index < -0.39 is 0 Å². The Morgan fingerprint density at radius 2 is 1.59 bits per heavy atom. The molecular formula is C24H27NO3S. The Hall–Kier alpha value is -2.53. The molecule has 0 radical (unpaired) electrons. The van der Waals surface area contributed by atoms with E-state index in [1.807, 2.05) is 55.5 Å². The van der Waals surface area contributed by atoms with Crippen LogP contribution in [0.1, 0.15) is 38.8 Å². The van der Waals surface area contributed by atoms with Crippen molar-refractivity contribution in [3.8, 4) is 5.75 Å². The summed E-state index contributed by atoms with van der Waals surface area (Å²) in [6, 6.07) is 15.0. The van der Waals surface area contributed by atoms with Gasteiger partial charge in [-0.1, -0.05) is 52.0 Å². The Balaban J connectivity index is 1.92. The van der Waals surface area contributed by atoms with Gasteiger partial charge in [0.05, 0.1) is 22.8 Å². The SMILES string of the molecule is CCSC1=C(c2ccc(OCC(C)C)cc2)C(=O)N(c2ccc(CC)cc2)C1=O. The molecule has 0 aromatic heterocycles. The lowest BCUT2D eigenvalue weighted by molar-refractivity contribution is -0.119. The van der Waals surface area contributed by atoms with Crippen LogP contribution in [0.2, 0.25) is 0 Å². The fourth-order valence-corrected chi connectivity index (χ4v) is 3.99. The molecule has 152 valence electrons. The molecule has 29 heavy (non-hydrogen) atoms. The van der Waals surface area contributed by atoms with Crippen molar-refractivity contribution in [1.82, 2.24) is 0 Å². The van der Waals surface area contributed by atoms with Gasteiger partial charge < -0.3 is 4.74 Å². The Morgan fingerprint density at radius 1 is 0.931 bits per heavy atom. The van der Waals surface area contributed by atoms with E-state index in [1.165, 1.54) is 22.2 Å². The van der Waals surface area contributed by atoms with Crippen molar-refractivity contribution in [2.24, 2.45) is 5.92 Å². The van der Waals surface area contributed by atoms with Gasteiger partial charge in [0, 0.05) is 0 Å².